The number of aryl methyl sites for hydroxylation is 1. The molecule has 0 radical (unpaired) electrons. The molecule has 0 saturated heterocycles. The van der Waals surface area contributed by atoms with E-state index in [-0.39, 0.29) is 6.17 Å². The third-order valence-corrected chi connectivity index (χ3v) is 8.28. The third-order valence-electron chi connectivity index (χ3n) is 8.28. The zero-order chi connectivity index (χ0) is 26.6. The van der Waals surface area contributed by atoms with Gasteiger partial charge in [0.1, 0.15) is 0 Å². The van der Waals surface area contributed by atoms with Crippen LogP contribution in [0, 0.1) is 0 Å². The smallest absolute Gasteiger partial charge is 0.405 e. The van der Waals surface area contributed by atoms with Crippen LogP contribution in [0.2, 0.25) is 0 Å². The van der Waals surface area contributed by atoms with Crippen LogP contribution in [0.5, 0.6) is 0 Å². The van der Waals surface area contributed by atoms with Gasteiger partial charge >= 0.3 is 6.09 Å². The van der Waals surface area contributed by atoms with E-state index < -0.39 is 17.3 Å². The van der Waals surface area contributed by atoms with Crippen molar-refractivity contribution in [3.8, 4) is 0 Å². The van der Waals surface area contributed by atoms with Gasteiger partial charge in [-0.2, -0.15) is 10.2 Å². The zero-order valence-electron chi connectivity index (χ0n) is 21.6. The minimum atomic E-state index is -0.986. The first-order valence-corrected chi connectivity index (χ1v) is 13.2. The summed E-state index contributed by atoms with van der Waals surface area (Å²) in [6.45, 7) is 0.697. The largest absolute Gasteiger partial charge is 0.465 e. The summed E-state index contributed by atoms with van der Waals surface area (Å²) in [5.41, 5.74) is 4.74. The Labute approximate surface area is 226 Å². The van der Waals surface area contributed by atoms with E-state index in [0.29, 0.717) is 6.54 Å². The molecule has 2 aromatic carbocycles. The quantitative estimate of drug-likeness (QED) is 0.461. The summed E-state index contributed by atoms with van der Waals surface area (Å²) in [7, 11) is 1.96. The molecule has 9 nitrogen and oxygen atoms in total. The Morgan fingerprint density at radius 1 is 1.10 bits per heavy atom. The van der Waals surface area contributed by atoms with Gasteiger partial charge in [-0.1, -0.05) is 54.6 Å². The van der Waals surface area contributed by atoms with Crippen LogP contribution in [0.1, 0.15) is 42.2 Å². The number of anilines is 1. The van der Waals surface area contributed by atoms with Crippen molar-refractivity contribution in [1.82, 2.24) is 19.8 Å². The number of hydrogen-bond donors (Lipinski definition) is 2. The molecule has 0 bridgehead atoms. The fourth-order valence-electron chi connectivity index (χ4n) is 6.21. The molecule has 1 amide bonds. The van der Waals surface area contributed by atoms with E-state index in [1.165, 1.54) is 0 Å². The molecular weight excluding hydrogens is 490 g/mol. The summed E-state index contributed by atoms with van der Waals surface area (Å²) in [6.07, 6.45) is 13.7. The maximum absolute atomic E-state index is 11.5. The maximum atomic E-state index is 11.5. The van der Waals surface area contributed by atoms with Gasteiger partial charge < -0.3 is 19.9 Å². The summed E-state index contributed by atoms with van der Waals surface area (Å²) in [5, 5.41) is 21.8. The highest BCUT2D eigenvalue weighted by atomic mass is 16.4. The Kier molecular flexibility index (Phi) is 5.31. The summed E-state index contributed by atoms with van der Waals surface area (Å²) < 4.78 is 1.93. The Balaban J connectivity index is 1.35. The van der Waals surface area contributed by atoms with Crippen LogP contribution in [0.15, 0.2) is 107 Å². The van der Waals surface area contributed by atoms with E-state index in [4.69, 9.17) is 10.2 Å². The number of hydrogen-bond acceptors (Lipinski definition) is 6. The highest BCUT2D eigenvalue weighted by molar-refractivity contribution is 5.88. The van der Waals surface area contributed by atoms with Crippen molar-refractivity contribution >= 4 is 17.5 Å². The molecule has 4 heterocycles. The molecule has 2 N–H and O–H groups in total. The number of amides is 1. The van der Waals surface area contributed by atoms with Gasteiger partial charge in [0.2, 0.25) is 0 Å². The molecule has 2 unspecified atom stereocenters. The van der Waals surface area contributed by atoms with Crippen LogP contribution < -0.4 is 10.2 Å². The summed E-state index contributed by atoms with van der Waals surface area (Å²) in [6, 6.07) is 18.6. The third kappa shape index (κ3) is 3.64. The van der Waals surface area contributed by atoms with Gasteiger partial charge in [0.05, 0.1) is 23.3 Å². The SMILES string of the molecule is Cn1cnc(C2N=NC34C=CN(c5ccccc5)C(c5ccc(C6(NC(=O)O)CCC6)cc5)=C3C=CCN24)c1. The lowest BCUT2D eigenvalue weighted by Gasteiger charge is -2.44. The highest BCUT2D eigenvalue weighted by Gasteiger charge is 2.51. The lowest BCUT2D eigenvalue weighted by atomic mass is 9.71. The number of rotatable bonds is 5. The van der Waals surface area contributed by atoms with Crippen LogP contribution >= 0.6 is 0 Å². The van der Waals surface area contributed by atoms with Gasteiger partial charge in [0.25, 0.3) is 0 Å². The molecule has 3 aliphatic heterocycles. The number of azo groups is 1. The number of para-hydroxylation sites is 1. The lowest BCUT2D eigenvalue weighted by Crippen LogP contribution is -2.50. The molecule has 3 aromatic rings. The summed E-state index contributed by atoms with van der Waals surface area (Å²) in [5.74, 6) is 0. The molecule has 1 fully saturated rings. The Hall–Kier alpha value is -4.50. The van der Waals surface area contributed by atoms with E-state index in [1.807, 2.05) is 36.0 Å². The molecule has 4 aliphatic rings. The number of carbonyl (C=O) groups is 1. The molecule has 196 valence electrons. The molecule has 2 atom stereocenters. The van der Waals surface area contributed by atoms with Gasteiger partial charge in [-0.15, -0.1) is 0 Å². The number of nitrogens with zero attached hydrogens (tertiary/aromatic N) is 6. The van der Waals surface area contributed by atoms with Crippen molar-refractivity contribution in [2.24, 2.45) is 17.3 Å². The van der Waals surface area contributed by atoms with Crippen molar-refractivity contribution in [2.75, 3.05) is 11.4 Å². The zero-order valence-corrected chi connectivity index (χ0v) is 21.6. The predicted molar refractivity (Wildman–Crippen MR) is 147 cm³/mol. The van der Waals surface area contributed by atoms with E-state index in [0.717, 1.165) is 53.0 Å². The molecule has 7 rings (SSSR count). The Bertz CT molecular complexity index is 1550. The van der Waals surface area contributed by atoms with Crippen molar-refractivity contribution in [1.29, 1.82) is 0 Å². The minimum Gasteiger partial charge on any atom is -0.465 e. The van der Waals surface area contributed by atoms with E-state index in [1.54, 1.807) is 6.33 Å². The number of nitrogens with one attached hydrogen (secondary N) is 1. The second kappa shape index (κ2) is 8.78. The minimum absolute atomic E-state index is 0.275. The van der Waals surface area contributed by atoms with Gasteiger partial charge in [-0.25, -0.2) is 14.7 Å². The maximum Gasteiger partial charge on any atom is 0.405 e. The van der Waals surface area contributed by atoms with E-state index in [9.17, 15) is 9.90 Å². The summed E-state index contributed by atoms with van der Waals surface area (Å²) >= 11 is 0. The fraction of sp³-hybridized carbons (Fsp3) is 0.267. The molecule has 1 aliphatic carbocycles. The van der Waals surface area contributed by atoms with E-state index in [2.05, 4.69) is 80.9 Å². The normalized spacial score (nSPS) is 24.8. The average Bonchev–Trinajstić information content (AvgIpc) is 3.53. The summed E-state index contributed by atoms with van der Waals surface area (Å²) in [4.78, 5) is 20.6. The number of carboxylic acid groups (broad SMARTS) is 1. The molecular formula is C30H29N7O2. The number of benzene rings is 2. The molecule has 1 spiro atoms. The van der Waals surface area contributed by atoms with Crippen LogP contribution in [0.25, 0.3) is 5.70 Å². The lowest BCUT2D eigenvalue weighted by molar-refractivity contribution is 0.144. The van der Waals surface area contributed by atoms with Gasteiger partial charge in [0.15, 0.2) is 11.8 Å². The Morgan fingerprint density at radius 3 is 2.56 bits per heavy atom. The Morgan fingerprint density at radius 2 is 1.90 bits per heavy atom. The standard InChI is InChI=1S/C30H29N7O2/c1-35-19-25(31-20-35)27-33-34-30-16-18-36(23-7-3-2-4-8-23)26(24(30)9-5-17-37(27)30)21-10-12-22(13-11-21)29(14-6-15-29)32-28(38)39/h2-5,7-13,16,18-20,27,32H,6,14-15,17H2,1H3,(H,38,39). The van der Waals surface area contributed by atoms with Gasteiger partial charge in [0, 0.05) is 37.2 Å². The molecule has 9 heteroatoms. The molecule has 39 heavy (non-hydrogen) atoms. The predicted octanol–water partition coefficient (Wildman–Crippen LogP) is 5.54. The monoisotopic (exact) mass is 519 g/mol. The highest BCUT2D eigenvalue weighted by Crippen LogP contribution is 2.50. The van der Waals surface area contributed by atoms with Gasteiger partial charge in [-0.3, -0.25) is 0 Å². The van der Waals surface area contributed by atoms with Crippen LogP contribution in [-0.4, -0.2) is 37.9 Å². The van der Waals surface area contributed by atoms with Crippen LogP contribution in [0.3, 0.4) is 0 Å². The van der Waals surface area contributed by atoms with Crippen molar-refractivity contribution in [2.45, 2.75) is 36.6 Å². The second-order valence-corrected chi connectivity index (χ2v) is 10.6. The van der Waals surface area contributed by atoms with Crippen molar-refractivity contribution in [3.63, 3.8) is 0 Å². The first kappa shape index (κ1) is 23.6. The molecule has 1 saturated carbocycles. The van der Waals surface area contributed by atoms with Crippen molar-refractivity contribution < 1.29 is 9.90 Å². The van der Waals surface area contributed by atoms with Crippen molar-refractivity contribution in [3.05, 3.63) is 114 Å². The van der Waals surface area contributed by atoms with Crippen LogP contribution in [-0.2, 0) is 12.6 Å². The average molecular weight is 520 g/mol. The van der Waals surface area contributed by atoms with E-state index >= 15 is 0 Å². The van der Waals surface area contributed by atoms with Crippen LogP contribution in [0.4, 0.5) is 10.5 Å². The topological polar surface area (TPSA) is 98.3 Å². The van der Waals surface area contributed by atoms with Gasteiger partial charge in [-0.05, 0) is 48.6 Å². The number of imidazole rings is 1. The second-order valence-electron chi connectivity index (χ2n) is 10.6. The number of aromatic nitrogens is 2. The first-order chi connectivity index (χ1) is 19.0. The fourth-order valence-corrected chi connectivity index (χ4v) is 6.21. The first-order valence-electron chi connectivity index (χ1n) is 13.2. The molecule has 1 aromatic heterocycles.